The number of primary amides is 1. The van der Waals surface area contributed by atoms with Crippen LogP contribution in [-0.4, -0.2) is 37.8 Å². The number of fused-ring (bicyclic) bond motifs is 1. The van der Waals surface area contributed by atoms with Gasteiger partial charge in [0.15, 0.2) is 0 Å². The summed E-state index contributed by atoms with van der Waals surface area (Å²) in [5.74, 6) is -0.645. The maximum absolute atomic E-state index is 13.6. The highest BCUT2D eigenvalue weighted by molar-refractivity contribution is 6.06. The number of aromatic carboxylic acids is 1. The Kier molecular flexibility index (Phi) is 8.91. The van der Waals surface area contributed by atoms with Crippen LogP contribution in [0.2, 0.25) is 0 Å². The van der Waals surface area contributed by atoms with Crippen molar-refractivity contribution < 1.29 is 23.9 Å². The van der Waals surface area contributed by atoms with Crippen molar-refractivity contribution in [3.8, 4) is 11.3 Å². The molecule has 0 aliphatic carbocycles. The Morgan fingerprint density at radius 3 is 2.23 bits per heavy atom. The van der Waals surface area contributed by atoms with Crippen LogP contribution in [0.25, 0.3) is 22.4 Å². The van der Waals surface area contributed by atoms with E-state index in [9.17, 15) is 14.4 Å². The van der Waals surface area contributed by atoms with Gasteiger partial charge in [-0.3, -0.25) is 19.5 Å². The number of amides is 2. The smallest absolute Gasteiger partial charge is 0.371 e. The molecule has 2 amide bonds. The molecule has 3 aromatic carbocycles. The number of rotatable bonds is 8. The van der Waals surface area contributed by atoms with Gasteiger partial charge in [0.1, 0.15) is 11.6 Å². The Hall–Kier alpha value is -6.03. The molecule has 0 aliphatic rings. The van der Waals surface area contributed by atoms with Crippen LogP contribution in [0, 0.1) is 0 Å². The molecule has 3 aromatic heterocycles. The van der Waals surface area contributed by atoms with Crippen LogP contribution >= 0.6 is 0 Å². The van der Waals surface area contributed by atoms with Gasteiger partial charge in [0.25, 0.3) is 5.91 Å². The highest BCUT2D eigenvalue weighted by atomic mass is 16.4. The summed E-state index contributed by atoms with van der Waals surface area (Å²) in [5, 5.41) is 9.11. The SMILES string of the molecule is CC(c1nc2ccccc2[nH]1)N(C(=O)c1ccccc1)c1ccc(-c2ccc(C(=O)O)o2)cc1.NC(=O)Cc1ccccn1. The van der Waals surface area contributed by atoms with Crippen molar-refractivity contribution in [2.24, 2.45) is 5.73 Å². The van der Waals surface area contributed by atoms with Crippen molar-refractivity contribution in [1.82, 2.24) is 15.0 Å². The van der Waals surface area contributed by atoms with Gasteiger partial charge in [0.05, 0.1) is 23.5 Å². The van der Waals surface area contributed by atoms with Crippen molar-refractivity contribution in [3.63, 3.8) is 0 Å². The van der Waals surface area contributed by atoms with E-state index in [1.54, 1.807) is 53.6 Å². The van der Waals surface area contributed by atoms with E-state index in [1.165, 1.54) is 6.07 Å². The molecule has 3 heterocycles. The molecule has 0 spiro atoms. The summed E-state index contributed by atoms with van der Waals surface area (Å²) in [7, 11) is 0. The van der Waals surface area contributed by atoms with E-state index in [0.29, 0.717) is 28.4 Å². The number of carbonyl (C=O) groups excluding carboxylic acids is 2. The van der Waals surface area contributed by atoms with E-state index < -0.39 is 5.97 Å². The largest absolute Gasteiger partial charge is 0.475 e. The van der Waals surface area contributed by atoms with Gasteiger partial charge in [-0.25, -0.2) is 9.78 Å². The Morgan fingerprint density at radius 1 is 0.886 bits per heavy atom. The topological polar surface area (TPSA) is 155 Å². The zero-order valence-electron chi connectivity index (χ0n) is 23.8. The number of aromatic nitrogens is 3. The van der Waals surface area contributed by atoms with Crippen LogP contribution in [0.1, 0.15) is 45.4 Å². The predicted molar refractivity (Wildman–Crippen MR) is 166 cm³/mol. The molecule has 0 radical (unpaired) electrons. The summed E-state index contributed by atoms with van der Waals surface area (Å²) in [5.41, 5.74) is 9.34. The number of hydrogen-bond donors (Lipinski definition) is 3. The summed E-state index contributed by atoms with van der Waals surface area (Å²) in [6, 6.07) is 32.1. The Morgan fingerprint density at radius 2 is 1.59 bits per heavy atom. The molecule has 1 atom stereocenters. The van der Waals surface area contributed by atoms with E-state index >= 15 is 0 Å². The average Bonchev–Trinajstić information content (AvgIpc) is 3.71. The van der Waals surface area contributed by atoms with Crippen molar-refractivity contribution >= 4 is 34.5 Å². The lowest BCUT2D eigenvalue weighted by atomic mass is 10.1. The number of carboxylic acids is 1. The number of para-hydroxylation sites is 2. The second-order valence-electron chi connectivity index (χ2n) is 9.84. The molecule has 4 N–H and O–H groups in total. The third-order valence-corrected chi connectivity index (χ3v) is 6.76. The van der Waals surface area contributed by atoms with Crippen LogP contribution in [-0.2, 0) is 11.2 Å². The van der Waals surface area contributed by atoms with Gasteiger partial charge in [-0.1, -0.05) is 36.4 Å². The molecule has 0 aliphatic heterocycles. The van der Waals surface area contributed by atoms with Crippen LogP contribution < -0.4 is 10.6 Å². The molecule has 10 nitrogen and oxygen atoms in total. The lowest BCUT2D eigenvalue weighted by Gasteiger charge is -2.28. The molecule has 6 rings (SSSR count). The first-order valence-corrected chi connectivity index (χ1v) is 13.7. The number of pyridine rings is 1. The molecule has 0 fully saturated rings. The molecular weight excluding hydrogens is 558 g/mol. The molecule has 10 heteroatoms. The normalized spacial score (nSPS) is 11.3. The molecular formula is C34H29N5O5. The van der Waals surface area contributed by atoms with Crippen LogP contribution in [0.4, 0.5) is 5.69 Å². The average molecular weight is 588 g/mol. The summed E-state index contributed by atoms with van der Waals surface area (Å²) < 4.78 is 5.40. The number of aromatic amines is 1. The van der Waals surface area contributed by atoms with Gasteiger partial charge in [0, 0.05) is 28.7 Å². The minimum atomic E-state index is -1.12. The molecule has 0 bridgehead atoms. The third kappa shape index (κ3) is 6.88. The Bertz CT molecular complexity index is 1850. The van der Waals surface area contributed by atoms with Crippen molar-refractivity contribution in [3.05, 3.63) is 138 Å². The third-order valence-electron chi connectivity index (χ3n) is 6.76. The first-order valence-electron chi connectivity index (χ1n) is 13.7. The lowest BCUT2D eigenvalue weighted by Crippen LogP contribution is -2.34. The first kappa shape index (κ1) is 29.5. The summed E-state index contributed by atoms with van der Waals surface area (Å²) in [4.78, 5) is 48.7. The second-order valence-corrected chi connectivity index (χ2v) is 9.84. The van der Waals surface area contributed by atoms with E-state index in [4.69, 9.17) is 20.2 Å². The number of benzene rings is 3. The zero-order valence-corrected chi connectivity index (χ0v) is 23.8. The van der Waals surface area contributed by atoms with Crippen molar-refractivity contribution in [2.75, 3.05) is 4.90 Å². The van der Waals surface area contributed by atoms with Gasteiger partial charge >= 0.3 is 5.97 Å². The molecule has 1 unspecified atom stereocenters. The lowest BCUT2D eigenvalue weighted by molar-refractivity contribution is -0.117. The molecule has 44 heavy (non-hydrogen) atoms. The van der Waals surface area contributed by atoms with E-state index in [-0.39, 0.29) is 30.0 Å². The zero-order chi connectivity index (χ0) is 31.1. The fourth-order valence-electron chi connectivity index (χ4n) is 4.60. The number of hydrogen-bond acceptors (Lipinski definition) is 6. The van der Waals surface area contributed by atoms with Crippen LogP contribution in [0.5, 0.6) is 0 Å². The highest BCUT2D eigenvalue weighted by Gasteiger charge is 2.27. The fourth-order valence-corrected chi connectivity index (χ4v) is 4.60. The maximum Gasteiger partial charge on any atom is 0.371 e. The van der Waals surface area contributed by atoms with E-state index in [0.717, 1.165) is 16.7 Å². The number of imidazole rings is 1. The van der Waals surface area contributed by atoms with Crippen molar-refractivity contribution in [2.45, 2.75) is 19.4 Å². The number of nitrogens with one attached hydrogen (secondary N) is 1. The molecule has 0 saturated carbocycles. The van der Waals surface area contributed by atoms with Gasteiger partial charge in [-0.05, 0) is 79.7 Å². The summed E-state index contributed by atoms with van der Waals surface area (Å²) in [6.07, 6.45) is 1.86. The Balaban J connectivity index is 0.000000328. The number of anilines is 1. The number of carboxylic acid groups (broad SMARTS) is 1. The van der Waals surface area contributed by atoms with Crippen LogP contribution in [0.15, 0.2) is 120 Å². The predicted octanol–water partition coefficient (Wildman–Crippen LogP) is 6.04. The molecule has 220 valence electrons. The number of furan rings is 1. The Labute approximate surface area is 252 Å². The van der Waals surface area contributed by atoms with Gasteiger partial charge in [0.2, 0.25) is 11.7 Å². The first-order chi connectivity index (χ1) is 21.3. The summed E-state index contributed by atoms with van der Waals surface area (Å²) >= 11 is 0. The highest BCUT2D eigenvalue weighted by Crippen LogP contribution is 2.31. The van der Waals surface area contributed by atoms with Gasteiger partial charge in [-0.2, -0.15) is 0 Å². The van der Waals surface area contributed by atoms with Crippen LogP contribution in [0.3, 0.4) is 0 Å². The monoisotopic (exact) mass is 587 g/mol. The van der Waals surface area contributed by atoms with Gasteiger partial charge < -0.3 is 20.2 Å². The molecule has 6 aromatic rings. The fraction of sp³-hybridized carbons (Fsp3) is 0.0882. The maximum atomic E-state index is 13.6. The van der Waals surface area contributed by atoms with E-state index in [1.807, 2.05) is 67.6 Å². The quantitative estimate of drug-likeness (QED) is 0.196. The minimum absolute atomic E-state index is 0.126. The molecule has 0 saturated heterocycles. The number of H-pyrrole nitrogens is 1. The standard InChI is InChI=1S/C27H21N3O4.C7H8N2O/c1-17(25-28-21-9-5-6-10-22(21)29-25)30(26(31)19-7-3-2-4-8-19)20-13-11-18(12-14-20)23-15-16-24(34-23)27(32)33;8-7(10)5-6-3-1-2-4-9-6/h2-17H,1H3,(H,28,29)(H,32,33);1-4H,5H2,(H2,8,10). The number of carbonyl (C=O) groups is 3. The number of nitrogens with two attached hydrogens (primary N) is 1. The number of nitrogens with zero attached hydrogens (tertiary/aromatic N) is 3. The van der Waals surface area contributed by atoms with Gasteiger partial charge in [-0.15, -0.1) is 0 Å². The van der Waals surface area contributed by atoms with E-state index in [2.05, 4.69) is 9.97 Å². The summed E-state index contributed by atoms with van der Waals surface area (Å²) in [6.45, 7) is 1.93. The van der Waals surface area contributed by atoms with Crippen molar-refractivity contribution in [1.29, 1.82) is 0 Å². The minimum Gasteiger partial charge on any atom is -0.475 e. The second kappa shape index (κ2) is 13.3.